The van der Waals surface area contributed by atoms with E-state index in [1.54, 1.807) is 17.4 Å². The number of thiophene rings is 1. The Kier molecular flexibility index (Phi) is 4.40. The molecule has 14 heavy (non-hydrogen) atoms. The Morgan fingerprint density at radius 2 is 2.50 bits per heavy atom. The van der Waals surface area contributed by atoms with Gasteiger partial charge >= 0.3 is 0 Å². The van der Waals surface area contributed by atoms with E-state index in [4.69, 9.17) is 0 Å². The zero-order valence-electron chi connectivity index (χ0n) is 8.49. The van der Waals surface area contributed by atoms with Crippen molar-refractivity contribution in [3.8, 4) is 0 Å². The second-order valence-corrected chi connectivity index (χ2v) is 3.99. The predicted molar refractivity (Wildman–Crippen MR) is 61.2 cm³/mol. The molecule has 1 rings (SSSR count). The molecule has 1 aromatic heterocycles. The van der Waals surface area contributed by atoms with Crippen LogP contribution in [-0.2, 0) is 4.79 Å². The van der Waals surface area contributed by atoms with Gasteiger partial charge in [0.05, 0.1) is 0 Å². The molecule has 0 aromatic carbocycles. The summed E-state index contributed by atoms with van der Waals surface area (Å²) in [6.45, 7) is 4.05. The van der Waals surface area contributed by atoms with Crippen LogP contribution in [0.3, 0.4) is 0 Å². The quantitative estimate of drug-likeness (QED) is 0.759. The SMILES string of the molecule is CCC(C)NC(=O)/C=C/c1ccsc1. The van der Waals surface area contributed by atoms with E-state index in [9.17, 15) is 4.79 Å². The minimum absolute atomic E-state index is 0.0226. The van der Waals surface area contributed by atoms with E-state index in [1.165, 1.54) is 0 Å². The first-order valence-electron chi connectivity index (χ1n) is 4.73. The number of nitrogens with one attached hydrogen (secondary N) is 1. The van der Waals surface area contributed by atoms with Gasteiger partial charge in [-0.05, 0) is 41.8 Å². The zero-order valence-corrected chi connectivity index (χ0v) is 9.30. The Hall–Kier alpha value is -1.09. The van der Waals surface area contributed by atoms with Gasteiger partial charge in [-0.3, -0.25) is 4.79 Å². The lowest BCUT2D eigenvalue weighted by Gasteiger charge is -2.08. The summed E-state index contributed by atoms with van der Waals surface area (Å²) >= 11 is 1.63. The number of rotatable bonds is 4. The van der Waals surface area contributed by atoms with Crippen LogP contribution in [-0.4, -0.2) is 11.9 Å². The first kappa shape index (κ1) is 11.0. The first-order chi connectivity index (χ1) is 6.72. The minimum atomic E-state index is -0.0226. The van der Waals surface area contributed by atoms with Gasteiger partial charge in [0.25, 0.3) is 0 Å². The number of hydrogen-bond donors (Lipinski definition) is 1. The van der Waals surface area contributed by atoms with E-state index in [-0.39, 0.29) is 11.9 Å². The van der Waals surface area contributed by atoms with Crippen molar-refractivity contribution >= 4 is 23.3 Å². The van der Waals surface area contributed by atoms with Crippen LogP contribution < -0.4 is 5.32 Å². The van der Waals surface area contributed by atoms with Crippen molar-refractivity contribution in [3.05, 3.63) is 28.5 Å². The number of amides is 1. The molecule has 0 aliphatic rings. The van der Waals surface area contributed by atoms with E-state index in [2.05, 4.69) is 5.32 Å². The van der Waals surface area contributed by atoms with Gasteiger partial charge in [0, 0.05) is 12.1 Å². The summed E-state index contributed by atoms with van der Waals surface area (Å²) in [6.07, 6.45) is 4.36. The Morgan fingerprint density at radius 1 is 1.71 bits per heavy atom. The molecule has 1 atom stereocenters. The summed E-state index contributed by atoms with van der Waals surface area (Å²) in [6, 6.07) is 2.23. The molecule has 0 saturated heterocycles. The summed E-state index contributed by atoms with van der Waals surface area (Å²) in [5.74, 6) is -0.0226. The Morgan fingerprint density at radius 3 is 3.07 bits per heavy atom. The number of carbonyl (C=O) groups is 1. The summed E-state index contributed by atoms with van der Waals surface area (Å²) in [5, 5.41) is 6.87. The molecular formula is C11H15NOS. The van der Waals surface area contributed by atoms with Crippen molar-refractivity contribution in [1.29, 1.82) is 0 Å². The zero-order chi connectivity index (χ0) is 10.4. The average Bonchev–Trinajstić information content (AvgIpc) is 2.67. The van der Waals surface area contributed by atoms with Gasteiger partial charge in [0.2, 0.25) is 5.91 Å². The largest absolute Gasteiger partial charge is 0.350 e. The van der Waals surface area contributed by atoms with Gasteiger partial charge in [0.15, 0.2) is 0 Å². The first-order valence-corrected chi connectivity index (χ1v) is 5.67. The highest BCUT2D eigenvalue weighted by Crippen LogP contribution is 2.07. The highest BCUT2D eigenvalue weighted by atomic mass is 32.1. The maximum Gasteiger partial charge on any atom is 0.244 e. The second-order valence-electron chi connectivity index (χ2n) is 3.21. The molecule has 0 fully saturated rings. The highest BCUT2D eigenvalue weighted by Gasteiger charge is 2.00. The molecule has 2 nitrogen and oxygen atoms in total. The van der Waals surface area contributed by atoms with Crippen LogP contribution >= 0.6 is 11.3 Å². The second kappa shape index (κ2) is 5.60. The molecule has 1 N–H and O–H groups in total. The van der Waals surface area contributed by atoms with Gasteiger partial charge in [-0.2, -0.15) is 11.3 Å². The van der Waals surface area contributed by atoms with Crippen LogP contribution in [0.25, 0.3) is 6.08 Å². The molecule has 0 aliphatic carbocycles. The lowest BCUT2D eigenvalue weighted by Crippen LogP contribution is -2.30. The van der Waals surface area contributed by atoms with Crippen molar-refractivity contribution in [1.82, 2.24) is 5.32 Å². The van der Waals surface area contributed by atoms with Crippen LogP contribution in [0.4, 0.5) is 0 Å². The Labute approximate surface area is 88.6 Å². The third-order valence-corrected chi connectivity index (χ3v) is 2.67. The Balaban J connectivity index is 2.41. The lowest BCUT2D eigenvalue weighted by molar-refractivity contribution is -0.117. The minimum Gasteiger partial charge on any atom is -0.350 e. The van der Waals surface area contributed by atoms with Crippen LogP contribution in [0.15, 0.2) is 22.9 Å². The Bertz CT molecular complexity index is 303. The van der Waals surface area contributed by atoms with Crippen molar-refractivity contribution in [3.63, 3.8) is 0 Å². The average molecular weight is 209 g/mol. The molecule has 0 aliphatic heterocycles. The molecule has 0 spiro atoms. The van der Waals surface area contributed by atoms with Crippen LogP contribution in [0.5, 0.6) is 0 Å². The van der Waals surface area contributed by atoms with Crippen molar-refractivity contribution in [2.45, 2.75) is 26.3 Å². The van der Waals surface area contributed by atoms with E-state index in [1.807, 2.05) is 36.7 Å². The van der Waals surface area contributed by atoms with Gasteiger partial charge in [-0.15, -0.1) is 0 Å². The van der Waals surface area contributed by atoms with Gasteiger partial charge in [-0.25, -0.2) is 0 Å². The molecule has 1 heterocycles. The lowest BCUT2D eigenvalue weighted by atomic mass is 10.2. The maximum absolute atomic E-state index is 11.3. The van der Waals surface area contributed by atoms with Crippen molar-refractivity contribution in [2.24, 2.45) is 0 Å². The number of carbonyl (C=O) groups excluding carboxylic acids is 1. The summed E-state index contributed by atoms with van der Waals surface area (Å²) in [4.78, 5) is 11.3. The molecule has 1 amide bonds. The van der Waals surface area contributed by atoms with E-state index in [0.29, 0.717) is 0 Å². The molecular weight excluding hydrogens is 194 g/mol. The van der Waals surface area contributed by atoms with Gasteiger partial charge in [0.1, 0.15) is 0 Å². The van der Waals surface area contributed by atoms with E-state index >= 15 is 0 Å². The number of hydrogen-bond acceptors (Lipinski definition) is 2. The van der Waals surface area contributed by atoms with Crippen LogP contribution in [0.1, 0.15) is 25.8 Å². The van der Waals surface area contributed by atoms with Crippen LogP contribution in [0, 0.1) is 0 Å². The molecule has 0 radical (unpaired) electrons. The standard InChI is InChI=1S/C11H15NOS/c1-3-9(2)12-11(13)5-4-10-6-7-14-8-10/h4-9H,3H2,1-2H3,(H,12,13)/b5-4+. The molecule has 1 unspecified atom stereocenters. The molecule has 0 saturated carbocycles. The molecule has 3 heteroatoms. The fraction of sp³-hybridized carbons (Fsp3) is 0.364. The fourth-order valence-electron chi connectivity index (χ4n) is 0.935. The highest BCUT2D eigenvalue weighted by molar-refractivity contribution is 7.08. The normalized spacial score (nSPS) is 13.0. The van der Waals surface area contributed by atoms with E-state index in [0.717, 1.165) is 12.0 Å². The predicted octanol–water partition coefficient (Wildman–Crippen LogP) is 2.68. The van der Waals surface area contributed by atoms with Crippen molar-refractivity contribution < 1.29 is 4.79 Å². The maximum atomic E-state index is 11.3. The van der Waals surface area contributed by atoms with Crippen molar-refractivity contribution in [2.75, 3.05) is 0 Å². The molecule has 1 aromatic rings. The smallest absolute Gasteiger partial charge is 0.244 e. The summed E-state index contributed by atoms with van der Waals surface area (Å²) < 4.78 is 0. The van der Waals surface area contributed by atoms with E-state index < -0.39 is 0 Å². The molecule has 76 valence electrons. The van der Waals surface area contributed by atoms with Gasteiger partial charge < -0.3 is 5.32 Å². The topological polar surface area (TPSA) is 29.1 Å². The van der Waals surface area contributed by atoms with Gasteiger partial charge in [-0.1, -0.05) is 6.92 Å². The summed E-state index contributed by atoms with van der Waals surface area (Å²) in [7, 11) is 0. The fourth-order valence-corrected chi connectivity index (χ4v) is 1.56. The third-order valence-electron chi connectivity index (χ3n) is 1.97. The molecule has 0 bridgehead atoms. The van der Waals surface area contributed by atoms with Crippen LogP contribution in [0.2, 0.25) is 0 Å². The summed E-state index contributed by atoms with van der Waals surface area (Å²) in [5.41, 5.74) is 1.08. The monoisotopic (exact) mass is 209 g/mol. The third kappa shape index (κ3) is 3.75.